The highest BCUT2D eigenvalue weighted by Gasteiger charge is 2.29. The molecule has 6 nitrogen and oxygen atoms in total. The smallest absolute Gasteiger partial charge is 0.387 e. The zero-order valence-electron chi connectivity index (χ0n) is 12.9. The van der Waals surface area contributed by atoms with E-state index in [0.29, 0.717) is 22.9 Å². The van der Waals surface area contributed by atoms with Crippen molar-refractivity contribution in [2.45, 2.75) is 32.3 Å². The van der Waals surface area contributed by atoms with E-state index in [-0.39, 0.29) is 11.5 Å². The first kappa shape index (κ1) is 16.6. The molecule has 1 aliphatic carbocycles. The van der Waals surface area contributed by atoms with Gasteiger partial charge in [0.25, 0.3) is 0 Å². The van der Waals surface area contributed by atoms with Gasteiger partial charge >= 0.3 is 6.61 Å². The van der Waals surface area contributed by atoms with E-state index in [9.17, 15) is 8.78 Å². The number of aromatic amines is 1. The molecular weight excluding hydrogens is 338 g/mol. The third-order valence-electron chi connectivity index (χ3n) is 3.42. The summed E-state index contributed by atoms with van der Waals surface area (Å²) in [4.78, 5) is 0. The number of aromatic nitrogens is 3. The van der Waals surface area contributed by atoms with E-state index in [2.05, 4.69) is 20.0 Å². The molecule has 24 heavy (non-hydrogen) atoms. The van der Waals surface area contributed by atoms with Crippen LogP contribution in [0.5, 0.6) is 11.5 Å². The van der Waals surface area contributed by atoms with Gasteiger partial charge in [0.15, 0.2) is 17.3 Å². The second-order valence-corrected chi connectivity index (χ2v) is 5.62. The molecule has 1 aromatic carbocycles. The number of H-pyrrole nitrogens is 1. The monoisotopic (exact) mass is 354 g/mol. The van der Waals surface area contributed by atoms with Gasteiger partial charge in [-0.1, -0.05) is 0 Å². The lowest BCUT2D eigenvalue weighted by atomic mass is 10.2. The van der Waals surface area contributed by atoms with E-state index in [4.69, 9.17) is 17.0 Å². The molecule has 0 saturated heterocycles. The molecule has 1 N–H and O–H groups in total. The van der Waals surface area contributed by atoms with Gasteiger partial charge in [0, 0.05) is 5.92 Å². The van der Waals surface area contributed by atoms with Gasteiger partial charge in [-0.25, -0.2) is 0 Å². The van der Waals surface area contributed by atoms with Crippen LogP contribution in [0, 0.1) is 4.77 Å². The fourth-order valence-corrected chi connectivity index (χ4v) is 2.40. The third kappa shape index (κ3) is 3.78. The quantitative estimate of drug-likeness (QED) is 0.608. The van der Waals surface area contributed by atoms with Crippen LogP contribution in [0.3, 0.4) is 0 Å². The number of alkyl halides is 2. The molecule has 3 rings (SSSR count). The minimum absolute atomic E-state index is 0.0115. The Morgan fingerprint density at radius 2 is 2.25 bits per heavy atom. The van der Waals surface area contributed by atoms with Crippen LogP contribution in [0.4, 0.5) is 8.78 Å². The Kier molecular flexibility index (Phi) is 4.89. The minimum atomic E-state index is -2.91. The number of benzene rings is 1. The lowest BCUT2D eigenvalue weighted by Gasteiger charge is -2.11. The summed E-state index contributed by atoms with van der Waals surface area (Å²) in [6.45, 7) is -0.813. The van der Waals surface area contributed by atoms with Gasteiger partial charge in [-0.15, -0.1) is 0 Å². The van der Waals surface area contributed by atoms with Crippen molar-refractivity contribution in [2.75, 3.05) is 6.61 Å². The van der Waals surface area contributed by atoms with Crippen molar-refractivity contribution < 1.29 is 18.3 Å². The largest absolute Gasteiger partial charge is 0.490 e. The van der Waals surface area contributed by atoms with E-state index < -0.39 is 6.61 Å². The number of hydrogen-bond donors (Lipinski definition) is 1. The van der Waals surface area contributed by atoms with Crippen molar-refractivity contribution in [3.63, 3.8) is 0 Å². The lowest BCUT2D eigenvalue weighted by molar-refractivity contribution is -0.0514. The average molecular weight is 354 g/mol. The van der Waals surface area contributed by atoms with Crippen LogP contribution in [-0.4, -0.2) is 34.3 Å². The first-order valence-electron chi connectivity index (χ1n) is 7.51. The van der Waals surface area contributed by atoms with E-state index in [1.807, 2.05) is 0 Å². The maximum absolute atomic E-state index is 12.4. The molecule has 1 aromatic heterocycles. The van der Waals surface area contributed by atoms with E-state index in [1.165, 1.54) is 6.07 Å². The standard InChI is InChI=1S/C15H16F2N4O2S/c1-2-22-12-7-9(3-6-11(12)23-14(16)17)8-18-21-13(10-4-5-10)19-20-15(21)24/h3,6-8,10,14H,2,4-5H2,1H3,(H,20,24)/b18-8-. The molecule has 1 heterocycles. The fraction of sp³-hybridized carbons (Fsp3) is 0.400. The van der Waals surface area contributed by atoms with Crippen LogP contribution in [0.15, 0.2) is 23.3 Å². The number of hydrogen-bond acceptors (Lipinski definition) is 5. The molecule has 9 heteroatoms. The highest BCUT2D eigenvalue weighted by molar-refractivity contribution is 7.71. The third-order valence-corrected chi connectivity index (χ3v) is 3.69. The zero-order valence-corrected chi connectivity index (χ0v) is 13.7. The van der Waals surface area contributed by atoms with E-state index in [1.54, 1.807) is 29.9 Å². The van der Waals surface area contributed by atoms with E-state index in [0.717, 1.165) is 18.7 Å². The molecule has 0 radical (unpaired) electrons. The van der Waals surface area contributed by atoms with Crippen LogP contribution in [0.2, 0.25) is 0 Å². The highest BCUT2D eigenvalue weighted by Crippen LogP contribution is 2.38. The average Bonchev–Trinajstić information content (AvgIpc) is 3.31. The molecule has 0 spiro atoms. The number of ether oxygens (including phenoxy) is 2. The fourth-order valence-electron chi connectivity index (χ4n) is 2.21. The van der Waals surface area contributed by atoms with Gasteiger partial charge in [-0.2, -0.15) is 23.7 Å². The highest BCUT2D eigenvalue weighted by atomic mass is 32.1. The maximum atomic E-state index is 12.4. The van der Waals surface area contributed by atoms with Crippen molar-refractivity contribution in [1.82, 2.24) is 14.9 Å². The Bertz CT molecular complexity index is 799. The topological polar surface area (TPSA) is 64.4 Å². The lowest BCUT2D eigenvalue weighted by Crippen LogP contribution is -2.05. The second-order valence-electron chi connectivity index (χ2n) is 5.24. The number of nitrogens with one attached hydrogen (secondary N) is 1. The Labute approximate surface area is 142 Å². The van der Waals surface area contributed by atoms with Crippen LogP contribution in [-0.2, 0) is 0 Å². The molecule has 128 valence electrons. The summed E-state index contributed by atoms with van der Waals surface area (Å²) in [5.41, 5.74) is 0.671. The molecule has 0 atom stereocenters. The summed E-state index contributed by atoms with van der Waals surface area (Å²) < 4.78 is 36.6. The molecule has 1 fully saturated rings. The van der Waals surface area contributed by atoms with Crippen molar-refractivity contribution in [1.29, 1.82) is 0 Å². The van der Waals surface area contributed by atoms with Gasteiger partial charge in [0.05, 0.1) is 12.8 Å². The van der Waals surface area contributed by atoms with Gasteiger partial charge in [-0.3, -0.25) is 5.10 Å². The molecule has 0 amide bonds. The Morgan fingerprint density at radius 1 is 1.46 bits per heavy atom. The van der Waals surface area contributed by atoms with Gasteiger partial charge in [-0.05, 0) is 55.7 Å². The first-order valence-corrected chi connectivity index (χ1v) is 7.92. The molecule has 2 aromatic rings. The Balaban J connectivity index is 1.86. The van der Waals surface area contributed by atoms with Gasteiger partial charge in [0.2, 0.25) is 4.77 Å². The second kappa shape index (κ2) is 7.08. The van der Waals surface area contributed by atoms with Crippen LogP contribution < -0.4 is 9.47 Å². The summed E-state index contributed by atoms with van der Waals surface area (Å²) in [6, 6.07) is 4.63. The van der Waals surface area contributed by atoms with Crippen molar-refractivity contribution in [3.8, 4) is 11.5 Å². The summed E-state index contributed by atoms with van der Waals surface area (Å²) in [5, 5.41) is 11.3. The number of nitrogens with zero attached hydrogens (tertiary/aromatic N) is 3. The maximum Gasteiger partial charge on any atom is 0.387 e. The molecule has 0 bridgehead atoms. The van der Waals surface area contributed by atoms with Crippen LogP contribution in [0.1, 0.15) is 37.1 Å². The predicted molar refractivity (Wildman–Crippen MR) is 86.6 cm³/mol. The SMILES string of the molecule is CCOc1cc(/C=N\n2c(C3CC3)n[nH]c2=S)ccc1OC(F)F. The summed E-state index contributed by atoms with van der Waals surface area (Å²) >= 11 is 5.17. The molecule has 0 aliphatic heterocycles. The predicted octanol–water partition coefficient (Wildman–Crippen LogP) is 3.70. The van der Waals surface area contributed by atoms with Crippen molar-refractivity contribution in [2.24, 2.45) is 5.10 Å². The van der Waals surface area contributed by atoms with Crippen molar-refractivity contribution in [3.05, 3.63) is 34.4 Å². The number of rotatable bonds is 7. The molecular formula is C15H16F2N4O2S. The molecule has 1 aliphatic rings. The zero-order chi connectivity index (χ0) is 17.1. The molecule has 1 saturated carbocycles. The van der Waals surface area contributed by atoms with Gasteiger partial charge in [0.1, 0.15) is 0 Å². The van der Waals surface area contributed by atoms with Crippen molar-refractivity contribution >= 4 is 18.4 Å². The Morgan fingerprint density at radius 3 is 2.92 bits per heavy atom. The molecule has 0 unspecified atom stereocenters. The normalized spacial score (nSPS) is 14.5. The minimum Gasteiger partial charge on any atom is -0.490 e. The first-order chi connectivity index (χ1) is 11.6. The Hall–Kier alpha value is -2.29. The summed E-state index contributed by atoms with van der Waals surface area (Å²) in [5.74, 6) is 1.41. The number of halogens is 2. The summed E-state index contributed by atoms with van der Waals surface area (Å²) in [6.07, 6.45) is 3.72. The summed E-state index contributed by atoms with van der Waals surface area (Å²) in [7, 11) is 0. The van der Waals surface area contributed by atoms with Crippen LogP contribution >= 0.6 is 12.2 Å². The van der Waals surface area contributed by atoms with Gasteiger partial charge < -0.3 is 9.47 Å². The van der Waals surface area contributed by atoms with E-state index >= 15 is 0 Å². The van der Waals surface area contributed by atoms with Crippen LogP contribution in [0.25, 0.3) is 0 Å².